The molecule has 1 aromatic rings. The van der Waals surface area contributed by atoms with Gasteiger partial charge in [-0.1, -0.05) is 19.9 Å². The minimum absolute atomic E-state index is 0.000100. The van der Waals surface area contributed by atoms with Crippen LogP contribution >= 0.6 is 0 Å². The Hall–Kier alpha value is -1.13. The van der Waals surface area contributed by atoms with Crippen LogP contribution in [0.5, 0.6) is 5.88 Å². The number of ether oxygens (including phenoxy) is 1. The van der Waals surface area contributed by atoms with Gasteiger partial charge in [0.15, 0.2) is 0 Å². The molecule has 2 N–H and O–H groups in total. The minimum atomic E-state index is -0.000100. The Labute approximate surface area is 109 Å². The molecule has 1 rings (SSSR count). The summed E-state index contributed by atoms with van der Waals surface area (Å²) in [5, 5.41) is 12.9. The molecule has 0 aliphatic carbocycles. The van der Waals surface area contributed by atoms with Crippen molar-refractivity contribution in [2.45, 2.75) is 33.2 Å². The summed E-state index contributed by atoms with van der Waals surface area (Å²) in [5.41, 5.74) is 1.12. The van der Waals surface area contributed by atoms with E-state index in [9.17, 15) is 5.11 Å². The van der Waals surface area contributed by atoms with E-state index in [2.05, 4.69) is 24.1 Å². The zero-order valence-electron chi connectivity index (χ0n) is 11.6. The average molecular weight is 252 g/mol. The quantitative estimate of drug-likeness (QED) is 0.743. The molecule has 0 aliphatic heterocycles. The van der Waals surface area contributed by atoms with Gasteiger partial charge in [-0.15, -0.1) is 0 Å². The fourth-order valence-electron chi connectivity index (χ4n) is 1.89. The molecule has 0 fully saturated rings. The molecule has 102 valence electrons. The van der Waals surface area contributed by atoms with Crippen LogP contribution in [0.25, 0.3) is 0 Å². The molecule has 4 nitrogen and oxygen atoms in total. The standard InChI is InChI=1S/C14H24N2O2/c1-4-14(5-2,11-17)10-15-8-12-6-7-13(18-3)16-9-12/h6-7,9,15,17H,4-5,8,10-11H2,1-3H3. The fourth-order valence-corrected chi connectivity index (χ4v) is 1.89. The van der Waals surface area contributed by atoms with Crippen molar-refractivity contribution >= 4 is 0 Å². The van der Waals surface area contributed by atoms with Gasteiger partial charge in [0.25, 0.3) is 0 Å². The van der Waals surface area contributed by atoms with Gasteiger partial charge < -0.3 is 15.2 Å². The van der Waals surface area contributed by atoms with Crippen LogP contribution in [0.2, 0.25) is 0 Å². The Morgan fingerprint density at radius 2 is 2.06 bits per heavy atom. The molecule has 0 saturated heterocycles. The first-order chi connectivity index (χ1) is 8.69. The van der Waals surface area contributed by atoms with Gasteiger partial charge in [-0.05, 0) is 18.4 Å². The molecule has 0 radical (unpaired) electrons. The summed E-state index contributed by atoms with van der Waals surface area (Å²) in [6, 6.07) is 3.85. The van der Waals surface area contributed by atoms with E-state index in [1.54, 1.807) is 7.11 Å². The lowest BCUT2D eigenvalue weighted by Crippen LogP contribution is -2.36. The molecule has 0 aromatic carbocycles. The summed E-state index contributed by atoms with van der Waals surface area (Å²) in [6.07, 6.45) is 3.77. The molecule has 0 spiro atoms. The molecule has 18 heavy (non-hydrogen) atoms. The van der Waals surface area contributed by atoms with Crippen molar-refractivity contribution in [3.63, 3.8) is 0 Å². The van der Waals surface area contributed by atoms with E-state index in [-0.39, 0.29) is 12.0 Å². The van der Waals surface area contributed by atoms with Crippen LogP contribution in [0.1, 0.15) is 32.3 Å². The summed E-state index contributed by atoms with van der Waals surface area (Å²) < 4.78 is 5.02. The van der Waals surface area contributed by atoms with Crippen LogP contribution in [0.4, 0.5) is 0 Å². The normalized spacial score (nSPS) is 11.6. The van der Waals surface area contributed by atoms with E-state index in [1.807, 2.05) is 18.3 Å². The van der Waals surface area contributed by atoms with Crippen LogP contribution in [-0.2, 0) is 6.54 Å². The van der Waals surface area contributed by atoms with E-state index in [4.69, 9.17) is 4.74 Å². The molecular weight excluding hydrogens is 228 g/mol. The Morgan fingerprint density at radius 3 is 2.50 bits per heavy atom. The smallest absolute Gasteiger partial charge is 0.212 e. The van der Waals surface area contributed by atoms with Crippen LogP contribution in [-0.4, -0.2) is 30.4 Å². The van der Waals surface area contributed by atoms with Gasteiger partial charge in [-0.3, -0.25) is 0 Å². The zero-order chi connectivity index (χ0) is 13.4. The van der Waals surface area contributed by atoms with Gasteiger partial charge in [0, 0.05) is 37.4 Å². The number of aromatic nitrogens is 1. The lowest BCUT2D eigenvalue weighted by atomic mass is 9.83. The lowest BCUT2D eigenvalue weighted by molar-refractivity contribution is 0.113. The van der Waals surface area contributed by atoms with E-state index in [1.165, 1.54) is 0 Å². The molecule has 4 heteroatoms. The molecule has 0 atom stereocenters. The number of rotatable bonds is 8. The van der Waals surface area contributed by atoms with Crippen LogP contribution in [0.15, 0.2) is 18.3 Å². The highest BCUT2D eigenvalue weighted by Gasteiger charge is 2.24. The summed E-state index contributed by atoms with van der Waals surface area (Å²) in [4.78, 5) is 4.16. The van der Waals surface area contributed by atoms with Crippen molar-refractivity contribution < 1.29 is 9.84 Å². The van der Waals surface area contributed by atoms with E-state index in [0.717, 1.165) is 31.5 Å². The Morgan fingerprint density at radius 1 is 1.33 bits per heavy atom. The second-order valence-corrected chi connectivity index (χ2v) is 4.68. The van der Waals surface area contributed by atoms with Crippen molar-refractivity contribution in [3.05, 3.63) is 23.9 Å². The van der Waals surface area contributed by atoms with Crippen LogP contribution in [0.3, 0.4) is 0 Å². The second-order valence-electron chi connectivity index (χ2n) is 4.68. The maximum absolute atomic E-state index is 9.47. The molecule has 1 aromatic heterocycles. The Kier molecular flexibility index (Phi) is 6.09. The first-order valence-electron chi connectivity index (χ1n) is 6.50. The number of aliphatic hydroxyl groups is 1. The molecule has 0 saturated carbocycles. The Balaban J connectivity index is 2.44. The SMILES string of the molecule is CCC(CC)(CO)CNCc1ccc(OC)nc1. The predicted octanol–water partition coefficient (Wildman–Crippen LogP) is 1.98. The monoisotopic (exact) mass is 252 g/mol. The third kappa shape index (κ3) is 3.96. The second kappa shape index (κ2) is 7.34. The lowest BCUT2D eigenvalue weighted by Gasteiger charge is -2.29. The van der Waals surface area contributed by atoms with Crippen molar-refractivity contribution in [2.75, 3.05) is 20.3 Å². The fraction of sp³-hybridized carbons (Fsp3) is 0.643. The van der Waals surface area contributed by atoms with E-state index in [0.29, 0.717) is 5.88 Å². The molecule has 0 unspecified atom stereocenters. The first kappa shape index (κ1) is 14.9. The van der Waals surface area contributed by atoms with Gasteiger partial charge in [0.1, 0.15) is 0 Å². The predicted molar refractivity (Wildman–Crippen MR) is 72.6 cm³/mol. The number of nitrogens with one attached hydrogen (secondary N) is 1. The summed E-state index contributed by atoms with van der Waals surface area (Å²) in [5.74, 6) is 0.630. The highest BCUT2D eigenvalue weighted by Crippen LogP contribution is 2.24. The van der Waals surface area contributed by atoms with Crippen molar-refractivity contribution in [2.24, 2.45) is 5.41 Å². The third-order valence-corrected chi connectivity index (χ3v) is 3.67. The highest BCUT2D eigenvalue weighted by molar-refractivity contribution is 5.17. The van der Waals surface area contributed by atoms with Crippen LogP contribution < -0.4 is 10.1 Å². The molecular formula is C14H24N2O2. The van der Waals surface area contributed by atoms with Crippen molar-refractivity contribution in [1.82, 2.24) is 10.3 Å². The topological polar surface area (TPSA) is 54.4 Å². The van der Waals surface area contributed by atoms with Gasteiger partial charge in [0.05, 0.1) is 7.11 Å². The van der Waals surface area contributed by atoms with Gasteiger partial charge in [-0.2, -0.15) is 0 Å². The summed E-state index contributed by atoms with van der Waals surface area (Å²) in [6.45, 7) is 6.06. The first-order valence-corrected chi connectivity index (χ1v) is 6.50. The highest BCUT2D eigenvalue weighted by atomic mass is 16.5. The van der Waals surface area contributed by atoms with Gasteiger partial charge in [0.2, 0.25) is 5.88 Å². The number of pyridine rings is 1. The van der Waals surface area contributed by atoms with E-state index < -0.39 is 0 Å². The average Bonchev–Trinajstić information content (AvgIpc) is 2.45. The third-order valence-electron chi connectivity index (χ3n) is 3.67. The molecule has 0 aliphatic rings. The number of aliphatic hydroxyl groups excluding tert-OH is 1. The number of hydrogen-bond donors (Lipinski definition) is 2. The maximum Gasteiger partial charge on any atom is 0.212 e. The Bertz CT molecular complexity index is 326. The van der Waals surface area contributed by atoms with Gasteiger partial charge >= 0.3 is 0 Å². The summed E-state index contributed by atoms with van der Waals surface area (Å²) >= 11 is 0. The zero-order valence-corrected chi connectivity index (χ0v) is 11.6. The maximum atomic E-state index is 9.47. The molecule has 0 bridgehead atoms. The largest absolute Gasteiger partial charge is 0.481 e. The van der Waals surface area contributed by atoms with Gasteiger partial charge in [-0.25, -0.2) is 4.98 Å². The summed E-state index contributed by atoms with van der Waals surface area (Å²) in [7, 11) is 1.61. The van der Waals surface area contributed by atoms with Crippen molar-refractivity contribution in [1.29, 1.82) is 0 Å². The molecule has 1 heterocycles. The van der Waals surface area contributed by atoms with Crippen LogP contribution in [0, 0.1) is 5.41 Å². The number of methoxy groups -OCH3 is 1. The number of hydrogen-bond acceptors (Lipinski definition) is 4. The van der Waals surface area contributed by atoms with Crippen molar-refractivity contribution in [3.8, 4) is 5.88 Å². The molecule has 0 amide bonds. The number of nitrogens with zero attached hydrogens (tertiary/aromatic N) is 1. The minimum Gasteiger partial charge on any atom is -0.481 e. The van der Waals surface area contributed by atoms with E-state index >= 15 is 0 Å².